The summed E-state index contributed by atoms with van der Waals surface area (Å²) in [6, 6.07) is 2.02. The predicted molar refractivity (Wildman–Crippen MR) is 67.3 cm³/mol. The summed E-state index contributed by atoms with van der Waals surface area (Å²) in [5, 5.41) is 4.30. The van der Waals surface area contributed by atoms with E-state index in [1.165, 1.54) is 0 Å². The molecule has 0 atom stereocenters. The van der Waals surface area contributed by atoms with Crippen molar-refractivity contribution in [1.29, 1.82) is 0 Å². The summed E-state index contributed by atoms with van der Waals surface area (Å²) >= 11 is 3.48. The molecule has 0 saturated heterocycles. The number of rotatable bonds is 2. The van der Waals surface area contributed by atoms with Crippen LogP contribution in [0.15, 0.2) is 21.9 Å². The van der Waals surface area contributed by atoms with E-state index >= 15 is 0 Å². The second-order valence-corrected chi connectivity index (χ2v) is 4.47. The number of halogens is 1. The van der Waals surface area contributed by atoms with Crippen LogP contribution in [0, 0.1) is 6.92 Å². The summed E-state index contributed by atoms with van der Waals surface area (Å²) < 4.78 is 2.72. The SMILES string of the molecule is Cc1cc2cnc(N=CN(C)C)nn2c1Br. The number of hydrogen-bond acceptors (Lipinski definition) is 3. The largest absolute Gasteiger partial charge is 0.369 e. The number of aryl methyl sites for hydroxylation is 1. The first kappa shape index (κ1) is 11.1. The fourth-order valence-corrected chi connectivity index (χ4v) is 1.68. The van der Waals surface area contributed by atoms with Crippen LogP contribution >= 0.6 is 15.9 Å². The van der Waals surface area contributed by atoms with E-state index in [2.05, 4.69) is 31.0 Å². The zero-order chi connectivity index (χ0) is 11.7. The van der Waals surface area contributed by atoms with Crippen LogP contribution in [-0.4, -0.2) is 39.9 Å². The highest BCUT2D eigenvalue weighted by atomic mass is 79.9. The summed E-state index contributed by atoms with van der Waals surface area (Å²) in [5.74, 6) is 0.442. The molecule has 0 radical (unpaired) electrons. The number of nitrogens with zero attached hydrogens (tertiary/aromatic N) is 5. The molecule has 0 aliphatic rings. The van der Waals surface area contributed by atoms with Gasteiger partial charge < -0.3 is 4.90 Å². The first-order chi connectivity index (χ1) is 7.58. The van der Waals surface area contributed by atoms with Gasteiger partial charge in [-0.25, -0.2) is 14.5 Å². The zero-order valence-electron chi connectivity index (χ0n) is 9.35. The van der Waals surface area contributed by atoms with Crippen LogP contribution in [0.3, 0.4) is 0 Å². The zero-order valence-corrected chi connectivity index (χ0v) is 10.9. The molecule has 0 N–H and O–H groups in total. The van der Waals surface area contributed by atoms with E-state index in [0.29, 0.717) is 5.95 Å². The fraction of sp³-hybridized carbons (Fsp3) is 0.300. The van der Waals surface area contributed by atoms with Gasteiger partial charge in [-0.1, -0.05) is 0 Å². The Morgan fingerprint density at radius 1 is 1.50 bits per heavy atom. The molecule has 0 fully saturated rings. The Labute approximate surface area is 102 Å². The Kier molecular flexibility index (Phi) is 2.91. The molecule has 2 aromatic heterocycles. The highest BCUT2D eigenvalue weighted by Crippen LogP contribution is 2.20. The molecule has 84 valence electrons. The van der Waals surface area contributed by atoms with Gasteiger partial charge in [0, 0.05) is 14.1 Å². The van der Waals surface area contributed by atoms with Crippen molar-refractivity contribution < 1.29 is 0 Å². The minimum absolute atomic E-state index is 0.442. The fourth-order valence-electron chi connectivity index (χ4n) is 1.28. The van der Waals surface area contributed by atoms with E-state index in [9.17, 15) is 0 Å². The molecular formula is C10H12BrN5. The lowest BCUT2D eigenvalue weighted by Crippen LogP contribution is -2.07. The van der Waals surface area contributed by atoms with Crippen molar-refractivity contribution in [3.8, 4) is 0 Å². The van der Waals surface area contributed by atoms with E-state index in [-0.39, 0.29) is 0 Å². The first-order valence-corrected chi connectivity index (χ1v) is 5.59. The topological polar surface area (TPSA) is 45.8 Å². The summed E-state index contributed by atoms with van der Waals surface area (Å²) in [5.41, 5.74) is 2.08. The van der Waals surface area contributed by atoms with Gasteiger partial charge in [0.05, 0.1) is 18.1 Å². The lowest BCUT2D eigenvalue weighted by Gasteiger charge is -2.01. The summed E-state index contributed by atoms with van der Waals surface area (Å²) in [7, 11) is 3.80. The molecule has 2 heterocycles. The molecule has 5 nitrogen and oxygen atoms in total. The lowest BCUT2D eigenvalue weighted by molar-refractivity contribution is 0.642. The van der Waals surface area contributed by atoms with E-state index in [1.807, 2.05) is 32.0 Å². The standard InChI is InChI=1S/C10H12BrN5/c1-7-4-8-5-12-10(13-6-15(2)3)14-16(8)9(7)11/h4-6H,1-3H3. The van der Waals surface area contributed by atoms with Crippen LogP contribution < -0.4 is 0 Å². The lowest BCUT2D eigenvalue weighted by atomic mass is 10.4. The molecule has 0 unspecified atom stereocenters. The number of aliphatic imine (C=N–C) groups is 1. The van der Waals surface area contributed by atoms with Gasteiger partial charge in [0.15, 0.2) is 0 Å². The van der Waals surface area contributed by atoms with Gasteiger partial charge in [-0.3, -0.25) is 0 Å². The van der Waals surface area contributed by atoms with Crippen LogP contribution in [-0.2, 0) is 0 Å². The van der Waals surface area contributed by atoms with Gasteiger partial charge in [-0.05, 0) is 34.5 Å². The molecule has 2 rings (SSSR count). The second kappa shape index (κ2) is 4.21. The molecule has 0 bridgehead atoms. The van der Waals surface area contributed by atoms with Gasteiger partial charge in [0.25, 0.3) is 5.95 Å². The highest BCUT2D eigenvalue weighted by Gasteiger charge is 2.05. The number of aromatic nitrogens is 3. The first-order valence-electron chi connectivity index (χ1n) is 4.79. The maximum absolute atomic E-state index is 4.30. The van der Waals surface area contributed by atoms with Crippen LogP contribution in [0.5, 0.6) is 0 Å². The van der Waals surface area contributed by atoms with Crippen LogP contribution in [0.1, 0.15) is 5.56 Å². The summed E-state index contributed by atoms with van der Waals surface area (Å²) in [4.78, 5) is 10.1. The Hall–Kier alpha value is -1.43. The predicted octanol–water partition coefficient (Wildman–Crippen LogP) is 2.02. The van der Waals surface area contributed by atoms with E-state index < -0.39 is 0 Å². The van der Waals surface area contributed by atoms with Gasteiger partial charge in [-0.2, -0.15) is 0 Å². The van der Waals surface area contributed by atoms with Crippen LogP contribution in [0.4, 0.5) is 5.95 Å². The van der Waals surface area contributed by atoms with Crippen molar-refractivity contribution in [2.75, 3.05) is 14.1 Å². The van der Waals surface area contributed by atoms with Crippen molar-refractivity contribution in [1.82, 2.24) is 19.5 Å². The van der Waals surface area contributed by atoms with E-state index in [0.717, 1.165) is 15.7 Å². The van der Waals surface area contributed by atoms with Crippen molar-refractivity contribution in [3.63, 3.8) is 0 Å². The minimum Gasteiger partial charge on any atom is -0.369 e. The monoisotopic (exact) mass is 281 g/mol. The third-order valence-electron chi connectivity index (χ3n) is 2.03. The molecule has 0 aliphatic carbocycles. The Morgan fingerprint density at radius 3 is 2.94 bits per heavy atom. The maximum Gasteiger partial charge on any atom is 0.268 e. The molecule has 0 saturated carbocycles. The summed E-state index contributed by atoms with van der Waals surface area (Å²) in [6.45, 7) is 2.02. The normalized spacial score (nSPS) is 11.5. The van der Waals surface area contributed by atoms with Crippen molar-refractivity contribution in [3.05, 3.63) is 22.4 Å². The third-order valence-corrected chi connectivity index (χ3v) is 2.99. The quantitative estimate of drug-likeness (QED) is 0.625. The summed E-state index contributed by atoms with van der Waals surface area (Å²) in [6.07, 6.45) is 3.43. The molecule has 0 spiro atoms. The molecule has 6 heteroatoms. The number of fused-ring (bicyclic) bond motifs is 1. The Bertz CT molecular complexity index is 543. The van der Waals surface area contributed by atoms with E-state index in [4.69, 9.17) is 0 Å². The second-order valence-electron chi connectivity index (χ2n) is 3.72. The Morgan fingerprint density at radius 2 is 2.25 bits per heavy atom. The van der Waals surface area contributed by atoms with Crippen molar-refractivity contribution >= 4 is 33.7 Å². The highest BCUT2D eigenvalue weighted by molar-refractivity contribution is 9.10. The Balaban J connectivity index is 2.47. The van der Waals surface area contributed by atoms with E-state index in [1.54, 1.807) is 17.1 Å². The molecule has 0 aromatic carbocycles. The molecule has 16 heavy (non-hydrogen) atoms. The van der Waals surface area contributed by atoms with Crippen molar-refractivity contribution in [2.24, 2.45) is 4.99 Å². The molecule has 2 aromatic rings. The van der Waals surface area contributed by atoms with Gasteiger partial charge >= 0.3 is 0 Å². The number of hydrogen-bond donors (Lipinski definition) is 0. The molecule has 0 aliphatic heterocycles. The van der Waals surface area contributed by atoms with Crippen LogP contribution in [0.2, 0.25) is 0 Å². The van der Waals surface area contributed by atoms with Crippen LogP contribution in [0.25, 0.3) is 5.52 Å². The van der Waals surface area contributed by atoms with Crippen molar-refractivity contribution in [2.45, 2.75) is 6.92 Å². The average Bonchev–Trinajstić information content (AvgIpc) is 2.52. The minimum atomic E-state index is 0.442. The molecule has 0 amide bonds. The van der Waals surface area contributed by atoms with Gasteiger partial charge in [0.1, 0.15) is 4.60 Å². The third kappa shape index (κ3) is 2.06. The average molecular weight is 282 g/mol. The van der Waals surface area contributed by atoms with Gasteiger partial charge in [-0.15, -0.1) is 5.10 Å². The molecular weight excluding hydrogens is 270 g/mol. The maximum atomic E-state index is 4.30. The van der Waals surface area contributed by atoms with Gasteiger partial charge in [0.2, 0.25) is 0 Å². The smallest absolute Gasteiger partial charge is 0.268 e.